The van der Waals surface area contributed by atoms with Crippen molar-refractivity contribution in [2.24, 2.45) is 11.3 Å². The summed E-state index contributed by atoms with van der Waals surface area (Å²) in [6, 6.07) is 0. The van der Waals surface area contributed by atoms with E-state index in [4.69, 9.17) is 0 Å². The maximum Gasteiger partial charge on any atom is -0.0146 e. The molecule has 2 saturated carbocycles. The van der Waals surface area contributed by atoms with E-state index in [1.54, 1.807) is 0 Å². The zero-order valence-corrected chi connectivity index (χ0v) is 6.06. The molecule has 2 aliphatic rings. The minimum atomic E-state index is 0.641. The van der Waals surface area contributed by atoms with E-state index in [0.29, 0.717) is 5.41 Å². The highest BCUT2D eigenvalue weighted by atomic mass is 14.4. The van der Waals surface area contributed by atoms with Crippen LogP contribution in [0.4, 0.5) is 0 Å². The molecule has 0 radical (unpaired) electrons. The van der Waals surface area contributed by atoms with Crippen molar-refractivity contribution >= 4 is 0 Å². The summed E-state index contributed by atoms with van der Waals surface area (Å²) < 4.78 is 0. The van der Waals surface area contributed by atoms with Gasteiger partial charge < -0.3 is 0 Å². The molecule has 0 aromatic rings. The van der Waals surface area contributed by atoms with E-state index in [1.165, 1.54) is 25.7 Å². The topological polar surface area (TPSA) is 0 Å². The monoisotopic (exact) mass is 122 g/mol. The Morgan fingerprint density at radius 1 is 1.33 bits per heavy atom. The van der Waals surface area contributed by atoms with E-state index in [1.807, 2.05) is 0 Å². The first-order chi connectivity index (χ1) is 4.29. The van der Waals surface area contributed by atoms with Crippen LogP contribution < -0.4 is 0 Å². The molecule has 0 spiro atoms. The maximum absolute atomic E-state index is 2.44. The Morgan fingerprint density at radius 2 is 2.00 bits per heavy atom. The number of allylic oxidation sites excluding steroid dienone is 2. The van der Waals surface area contributed by atoms with E-state index in [2.05, 4.69) is 19.1 Å². The fourth-order valence-corrected chi connectivity index (χ4v) is 1.02. The molecule has 0 saturated heterocycles. The van der Waals surface area contributed by atoms with Gasteiger partial charge in [-0.1, -0.05) is 19.1 Å². The van der Waals surface area contributed by atoms with Crippen molar-refractivity contribution in [1.82, 2.24) is 0 Å². The largest absolute Gasteiger partial charge is 0.0849 e. The smallest absolute Gasteiger partial charge is 0.0146 e. The fraction of sp³-hybridized carbons (Fsp3) is 0.778. The molecule has 0 nitrogen and oxygen atoms in total. The molecule has 0 unspecified atom stereocenters. The molecule has 0 heterocycles. The first kappa shape index (κ1) is 5.52. The van der Waals surface area contributed by atoms with Crippen molar-refractivity contribution in [3.05, 3.63) is 12.2 Å². The summed E-state index contributed by atoms with van der Waals surface area (Å²) >= 11 is 0. The molecule has 0 bridgehead atoms. The highest BCUT2D eigenvalue weighted by Gasteiger charge is 2.34. The van der Waals surface area contributed by atoms with E-state index in [-0.39, 0.29) is 0 Å². The molecule has 0 amide bonds. The molecule has 9 heavy (non-hydrogen) atoms. The van der Waals surface area contributed by atoms with Gasteiger partial charge in [0.15, 0.2) is 0 Å². The van der Waals surface area contributed by atoms with Gasteiger partial charge in [0.25, 0.3) is 0 Å². The van der Waals surface area contributed by atoms with Crippen LogP contribution in [0.25, 0.3) is 0 Å². The van der Waals surface area contributed by atoms with Crippen LogP contribution >= 0.6 is 0 Å². The summed E-state index contributed by atoms with van der Waals surface area (Å²) in [6.07, 6.45) is 10.6. The summed E-state index contributed by atoms with van der Waals surface area (Å²) in [7, 11) is 0. The third kappa shape index (κ3) is 1.35. The van der Waals surface area contributed by atoms with Crippen LogP contribution in [0.5, 0.6) is 0 Å². The Kier molecular flexibility index (Phi) is 0.992. The number of hydrogen-bond acceptors (Lipinski definition) is 0. The van der Waals surface area contributed by atoms with Crippen molar-refractivity contribution in [3.63, 3.8) is 0 Å². The van der Waals surface area contributed by atoms with Gasteiger partial charge in [-0.25, -0.2) is 0 Å². The molecule has 0 N–H and O–H groups in total. The third-order valence-electron chi connectivity index (χ3n) is 2.43. The molecule has 50 valence electrons. The minimum absolute atomic E-state index is 0.641. The lowest BCUT2D eigenvalue weighted by Gasteiger charge is -1.95. The Bertz CT molecular complexity index is 136. The van der Waals surface area contributed by atoms with Crippen LogP contribution in [0.3, 0.4) is 0 Å². The third-order valence-corrected chi connectivity index (χ3v) is 2.43. The molecule has 0 aromatic heterocycles. The van der Waals surface area contributed by atoms with E-state index in [9.17, 15) is 0 Å². The molecule has 0 aliphatic heterocycles. The summed E-state index contributed by atoms with van der Waals surface area (Å²) in [4.78, 5) is 0. The SMILES string of the molecule is CC1(C=CC2CC2)CC1. The summed E-state index contributed by atoms with van der Waals surface area (Å²) in [5.74, 6) is 0.974. The average molecular weight is 122 g/mol. The van der Waals surface area contributed by atoms with Crippen molar-refractivity contribution in [3.8, 4) is 0 Å². The van der Waals surface area contributed by atoms with Gasteiger partial charge >= 0.3 is 0 Å². The van der Waals surface area contributed by atoms with Gasteiger partial charge in [0, 0.05) is 0 Å². The van der Waals surface area contributed by atoms with Crippen molar-refractivity contribution in [1.29, 1.82) is 0 Å². The molecular weight excluding hydrogens is 108 g/mol. The zero-order chi connectivity index (χ0) is 6.32. The minimum Gasteiger partial charge on any atom is -0.0849 e. The van der Waals surface area contributed by atoms with Crippen molar-refractivity contribution in [2.45, 2.75) is 32.6 Å². The Labute approximate surface area is 57.0 Å². The lowest BCUT2D eigenvalue weighted by atomic mass is 10.1. The number of hydrogen-bond donors (Lipinski definition) is 0. The lowest BCUT2D eigenvalue weighted by Crippen LogP contribution is -1.83. The molecule has 0 atom stereocenters. The first-order valence-electron chi connectivity index (χ1n) is 3.98. The molecule has 2 rings (SSSR count). The molecule has 0 aromatic carbocycles. The van der Waals surface area contributed by atoms with E-state index >= 15 is 0 Å². The second-order valence-corrected chi connectivity index (χ2v) is 3.85. The predicted molar refractivity (Wildman–Crippen MR) is 39.2 cm³/mol. The van der Waals surface area contributed by atoms with Crippen LogP contribution in [-0.2, 0) is 0 Å². The van der Waals surface area contributed by atoms with Crippen LogP contribution in [-0.4, -0.2) is 0 Å². The normalized spacial score (nSPS) is 31.2. The van der Waals surface area contributed by atoms with Gasteiger partial charge in [0.05, 0.1) is 0 Å². The van der Waals surface area contributed by atoms with Crippen LogP contribution in [0.2, 0.25) is 0 Å². The van der Waals surface area contributed by atoms with Gasteiger partial charge in [-0.15, -0.1) is 0 Å². The van der Waals surface area contributed by atoms with Gasteiger partial charge in [-0.3, -0.25) is 0 Å². The molecule has 0 heteroatoms. The first-order valence-corrected chi connectivity index (χ1v) is 3.98. The highest BCUT2D eigenvalue weighted by molar-refractivity contribution is 5.09. The quantitative estimate of drug-likeness (QED) is 0.494. The van der Waals surface area contributed by atoms with E-state index < -0.39 is 0 Å². The molecule has 2 aliphatic carbocycles. The Hall–Kier alpha value is -0.260. The van der Waals surface area contributed by atoms with Crippen LogP contribution in [0, 0.1) is 11.3 Å². The highest BCUT2D eigenvalue weighted by Crippen LogP contribution is 2.47. The second kappa shape index (κ2) is 1.62. The zero-order valence-electron chi connectivity index (χ0n) is 6.06. The Morgan fingerprint density at radius 3 is 2.44 bits per heavy atom. The van der Waals surface area contributed by atoms with Gasteiger partial charge in [-0.2, -0.15) is 0 Å². The average Bonchev–Trinajstić information content (AvgIpc) is 2.58. The van der Waals surface area contributed by atoms with Gasteiger partial charge in [-0.05, 0) is 37.0 Å². The van der Waals surface area contributed by atoms with Crippen LogP contribution in [0.1, 0.15) is 32.6 Å². The summed E-state index contributed by atoms with van der Waals surface area (Å²) in [5, 5.41) is 0. The lowest BCUT2D eigenvalue weighted by molar-refractivity contribution is 0.741. The Balaban J connectivity index is 1.86. The van der Waals surface area contributed by atoms with E-state index in [0.717, 1.165) is 5.92 Å². The van der Waals surface area contributed by atoms with Gasteiger partial charge in [0.1, 0.15) is 0 Å². The molecular formula is C9H14. The summed E-state index contributed by atoms with van der Waals surface area (Å²) in [6.45, 7) is 2.35. The van der Waals surface area contributed by atoms with Crippen molar-refractivity contribution < 1.29 is 0 Å². The molecule has 2 fully saturated rings. The van der Waals surface area contributed by atoms with Crippen LogP contribution in [0.15, 0.2) is 12.2 Å². The summed E-state index contributed by atoms with van der Waals surface area (Å²) in [5.41, 5.74) is 0.641. The maximum atomic E-state index is 2.44. The van der Waals surface area contributed by atoms with Crippen molar-refractivity contribution in [2.75, 3.05) is 0 Å². The number of rotatable bonds is 2. The standard InChI is InChI=1S/C9H14/c1-9(6-7-9)5-4-8-2-3-8/h4-5,8H,2-3,6-7H2,1H3. The fourth-order valence-electron chi connectivity index (χ4n) is 1.02. The second-order valence-electron chi connectivity index (χ2n) is 3.85. The predicted octanol–water partition coefficient (Wildman–Crippen LogP) is 2.75. The van der Waals surface area contributed by atoms with Gasteiger partial charge in [0.2, 0.25) is 0 Å².